The van der Waals surface area contributed by atoms with E-state index < -0.39 is 5.60 Å². The molecule has 20 heavy (non-hydrogen) atoms. The average Bonchev–Trinajstić information content (AvgIpc) is 2.49. The maximum atomic E-state index is 5.97. The second kappa shape index (κ2) is 5.36. The van der Waals surface area contributed by atoms with Gasteiger partial charge in [-0.1, -0.05) is 60.4 Å². The fraction of sp³-hybridized carbons (Fsp3) is 0.158. The number of ether oxygens (including phenoxy) is 1. The van der Waals surface area contributed by atoms with Crippen molar-refractivity contribution in [1.29, 1.82) is 0 Å². The van der Waals surface area contributed by atoms with Gasteiger partial charge in [-0.3, -0.25) is 0 Å². The van der Waals surface area contributed by atoms with Crippen molar-refractivity contribution in [2.24, 2.45) is 0 Å². The van der Waals surface area contributed by atoms with Crippen LogP contribution >= 0.6 is 0 Å². The van der Waals surface area contributed by atoms with Crippen LogP contribution in [0.25, 0.3) is 0 Å². The van der Waals surface area contributed by atoms with Gasteiger partial charge in [0, 0.05) is 12.0 Å². The lowest BCUT2D eigenvalue weighted by atomic mass is 9.73. The van der Waals surface area contributed by atoms with Crippen LogP contribution in [0.1, 0.15) is 16.7 Å². The fourth-order valence-corrected chi connectivity index (χ4v) is 2.50. The van der Waals surface area contributed by atoms with E-state index in [9.17, 15) is 0 Å². The van der Waals surface area contributed by atoms with E-state index in [1.165, 1.54) is 11.1 Å². The molecule has 2 aromatic carbocycles. The zero-order valence-corrected chi connectivity index (χ0v) is 11.3. The lowest BCUT2D eigenvalue weighted by Crippen LogP contribution is -2.40. The van der Waals surface area contributed by atoms with Crippen LogP contribution in [-0.4, -0.2) is 6.61 Å². The normalized spacial score (nSPS) is 19.2. The minimum absolute atomic E-state index is 0.472. The third-order valence-corrected chi connectivity index (χ3v) is 3.52. The zero-order chi connectivity index (χ0) is 13.8. The summed E-state index contributed by atoms with van der Waals surface area (Å²) in [6.45, 7) is 4.23. The maximum Gasteiger partial charge on any atom is 0.159 e. The molecule has 0 N–H and O–H groups in total. The van der Waals surface area contributed by atoms with E-state index in [0.29, 0.717) is 6.61 Å². The highest BCUT2D eigenvalue weighted by Gasteiger charge is 2.42. The molecule has 0 heterocycles. The molecule has 0 amide bonds. The molecule has 0 aliphatic heterocycles. The lowest BCUT2D eigenvalue weighted by molar-refractivity contribution is -0.00517. The minimum atomic E-state index is -0.472. The van der Waals surface area contributed by atoms with Gasteiger partial charge in [0.15, 0.2) is 5.60 Å². The van der Waals surface area contributed by atoms with Crippen LogP contribution in [0, 0.1) is 11.8 Å². The van der Waals surface area contributed by atoms with Gasteiger partial charge in [-0.2, -0.15) is 0 Å². The van der Waals surface area contributed by atoms with E-state index in [-0.39, 0.29) is 0 Å². The third-order valence-electron chi connectivity index (χ3n) is 3.52. The Labute approximate surface area is 119 Å². The second-order valence-electron chi connectivity index (χ2n) is 4.88. The molecule has 1 aliphatic carbocycles. The lowest BCUT2D eigenvalue weighted by Gasteiger charge is -2.39. The summed E-state index contributed by atoms with van der Waals surface area (Å²) in [4.78, 5) is 0. The maximum absolute atomic E-state index is 5.97. The van der Waals surface area contributed by atoms with Gasteiger partial charge in [-0.05, 0) is 23.3 Å². The molecule has 1 nitrogen and oxygen atoms in total. The van der Waals surface area contributed by atoms with Crippen molar-refractivity contribution < 1.29 is 4.74 Å². The van der Waals surface area contributed by atoms with Gasteiger partial charge in [-0.15, -0.1) is 6.58 Å². The summed E-state index contributed by atoms with van der Waals surface area (Å²) in [7, 11) is 0. The van der Waals surface area contributed by atoms with Crippen LogP contribution in [0.2, 0.25) is 0 Å². The Morgan fingerprint density at radius 1 is 1.10 bits per heavy atom. The van der Waals surface area contributed by atoms with Gasteiger partial charge in [-0.25, -0.2) is 0 Å². The summed E-state index contributed by atoms with van der Waals surface area (Å²) in [6.07, 6.45) is 2.61. The largest absolute Gasteiger partial charge is 0.354 e. The monoisotopic (exact) mass is 260 g/mol. The topological polar surface area (TPSA) is 9.23 Å². The summed E-state index contributed by atoms with van der Waals surface area (Å²) < 4.78 is 5.97. The second-order valence-corrected chi connectivity index (χ2v) is 4.88. The van der Waals surface area contributed by atoms with Crippen LogP contribution in [-0.2, 0) is 16.8 Å². The van der Waals surface area contributed by atoms with Crippen molar-refractivity contribution in [3.05, 3.63) is 83.9 Å². The highest BCUT2D eigenvalue weighted by Crippen LogP contribution is 2.41. The van der Waals surface area contributed by atoms with Crippen molar-refractivity contribution in [2.45, 2.75) is 12.0 Å². The van der Waals surface area contributed by atoms with Gasteiger partial charge < -0.3 is 4.74 Å². The van der Waals surface area contributed by atoms with Crippen molar-refractivity contribution in [3.8, 4) is 11.8 Å². The molecule has 0 spiro atoms. The van der Waals surface area contributed by atoms with Crippen molar-refractivity contribution in [2.75, 3.05) is 6.61 Å². The van der Waals surface area contributed by atoms with Gasteiger partial charge in [0.2, 0.25) is 0 Å². The number of rotatable bonds is 3. The van der Waals surface area contributed by atoms with E-state index in [4.69, 9.17) is 4.74 Å². The van der Waals surface area contributed by atoms with Crippen LogP contribution in [0.4, 0.5) is 0 Å². The Bertz CT molecular complexity index is 676. The van der Waals surface area contributed by atoms with Crippen molar-refractivity contribution in [3.63, 3.8) is 0 Å². The molecule has 1 aliphatic rings. The van der Waals surface area contributed by atoms with Crippen LogP contribution in [0.5, 0.6) is 0 Å². The van der Waals surface area contributed by atoms with Crippen LogP contribution < -0.4 is 0 Å². The number of fused-ring (bicyclic) bond motifs is 1. The fourth-order valence-electron chi connectivity index (χ4n) is 2.50. The first-order valence-electron chi connectivity index (χ1n) is 6.75. The molecule has 0 saturated heterocycles. The highest BCUT2D eigenvalue weighted by molar-refractivity contribution is 5.51. The van der Waals surface area contributed by atoms with E-state index in [0.717, 1.165) is 12.0 Å². The summed E-state index contributed by atoms with van der Waals surface area (Å²) in [6, 6.07) is 18.3. The van der Waals surface area contributed by atoms with E-state index in [1.54, 1.807) is 6.08 Å². The molecule has 0 aromatic heterocycles. The van der Waals surface area contributed by atoms with Crippen LogP contribution in [0.3, 0.4) is 0 Å². The predicted octanol–water partition coefficient (Wildman–Crippen LogP) is 3.69. The first kappa shape index (κ1) is 12.7. The SMILES string of the molecule is C=CCO[C@@]1(C#Cc2ccccc2)Cc2ccccc21. The molecule has 2 aromatic rings. The van der Waals surface area contributed by atoms with Gasteiger partial charge >= 0.3 is 0 Å². The first-order chi connectivity index (χ1) is 9.84. The summed E-state index contributed by atoms with van der Waals surface area (Å²) in [5.74, 6) is 6.55. The molecule has 0 bridgehead atoms. The molecule has 1 atom stereocenters. The van der Waals surface area contributed by atoms with Gasteiger partial charge in [0.1, 0.15) is 0 Å². The summed E-state index contributed by atoms with van der Waals surface area (Å²) >= 11 is 0. The Morgan fingerprint density at radius 3 is 2.60 bits per heavy atom. The van der Waals surface area contributed by atoms with Crippen LogP contribution in [0.15, 0.2) is 67.3 Å². The van der Waals surface area contributed by atoms with Gasteiger partial charge in [0.25, 0.3) is 0 Å². The highest BCUT2D eigenvalue weighted by atomic mass is 16.5. The third kappa shape index (κ3) is 2.27. The number of hydrogen-bond acceptors (Lipinski definition) is 1. The first-order valence-corrected chi connectivity index (χ1v) is 6.75. The molecule has 0 radical (unpaired) electrons. The van der Waals surface area contributed by atoms with Crippen molar-refractivity contribution >= 4 is 0 Å². The predicted molar refractivity (Wildman–Crippen MR) is 81.3 cm³/mol. The summed E-state index contributed by atoms with van der Waals surface area (Å²) in [5, 5.41) is 0. The summed E-state index contributed by atoms with van der Waals surface area (Å²) in [5.41, 5.74) is 3.04. The minimum Gasteiger partial charge on any atom is -0.354 e. The Hall–Kier alpha value is -2.30. The quantitative estimate of drug-likeness (QED) is 0.604. The van der Waals surface area contributed by atoms with Gasteiger partial charge in [0.05, 0.1) is 6.61 Å². The van der Waals surface area contributed by atoms with E-state index in [1.807, 2.05) is 36.4 Å². The molecule has 1 heteroatoms. The number of benzene rings is 2. The Morgan fingerprint density at radius 2 is 1.85 bits per heavy atom. The average molecular weight is 260 g/mol. The zero-order valence-electron chi connectivity index (χ0n) is 11.3. The molecule has 0 saturated carbocycles. The Balaban J connectivity index is 1.94. The molecular weight excluding hydrogens is 244 g/mol. The molecule has 0 fully saturated rings. The molecule has 98 valence electrons. The molecule has 3 rings (SSSR count). The van der Waals surface area contributed by atoms with E-state index >= 15 is 0 Å². The Kier molecular flexibility index (Phi) is 3.41. The number of hydrogen-bond donors (Lipinski definition) is 0. The molecule has 0 unspecified atom stereocenters. The van der Waals surface area contributed by atoms with Crippen molar-refractivity contribution in [1.82, 2.24) is 0 Å². The smallest absolute Gasteiger partial charge is 0.159 e. The molecular formula is C19H16O. The van der Waals surface area contributed by atoms with E-state index in [2.05, 4.69) is 36.6 Å². The standard InChI is InChI=1S/C19H16O/c1-2-14-20-19(13-12-16-8-4-3-5-9-16)15-17-10-6-7-11-18(17)19/h2-11H,1,14-15H2/t19-/m0/s1.